The summed E-state index contributed by atoms with van der Waals surface area (Å²) >= 11 is 0. The van der Waals surface area contributed by atoms with Crippen LogP contribution < -0.4 is 5.32 Å². The van der Waals surface area contributed by atoms with Crippen LogP contribution in [-0.4, -0.2) is 55.3 Å². The minimum Gasteiger partial charge on any atom is -0.340 e. The molecule has 0 saturated carbocycles. The first-order valence-corrected chi connectivity index (χ1v) is 9.57. The van der Waals surface area contributed by atoms with Gasteiger partial charge in [0.05, 0.1) is 5.75 Å². The smallest absolute Gasteiger partial charge is 0.249 e. The lowest BCUT2D eigenvalue weighted by Gasteiger charge is -2.45. The Morgan fingerprint density at radius 1 is 1.19 bits per heavy atom. The molecule has 1 unspecified atom stereocenters. The van der Waals surface area contributed by atoms with Crippen molar-refractivity contribution in [3.05, 3.63) is 0 Å². The van der Waals surface area contributed by atoms with Crippen LogP contribution in [0.15, 0.2) is 0 Å². The number of piperazine rings is 1. The Balaban J connectivity index is 3.08. The zero-order valence-corrected chi connectivity index (χ0v) is 14.1. The lowest BCUT2D eigenvalue weighted by atomic mass is 9.86. The first kappa shape index (κ1) is 17.9. The maximum Gasteiger partial charge on any atom is 0.249 e. The van der Waals surface area contributed by atoms with E-state index in [1.807, 2.05) is 20.8 Å². The van der Waals surface area contributed by atoms with E-state index in [9.17, 15) is 18.0 Å². The molecular weight excluding hydrogens is 292 g/mol. The highest BCUT2D eigenvalue weighted by Gasteiger charge is 2.48. The van der Waals surface area contributed by atoms with Crippen LogP contribution in [-0.2, 0) is 19.4 Å². The van der Waals surface area contributed by atoms with Crippen LogP contribution >= 0.6 is 0 Å². The van der Waals surface area contributed by atoms with Crippen LogP contribution in [0.5, 0.6) is 0 Å². The number of nitrogens with one attached hydrogen (secondary N) is 1. The highest BCUT2D eigenvalue weighted by molar-refractivity contribution is 7.90. The lowest BCUT2D eigenvalue weighted by molar-refractivity contribution is -0.155. The van der Waals surface area contributed by atoms with E-state index in [1.54, 1.807) is 0 Å². The summed E-state index contributed by atoms with van der Waals surface area (Å²) in [5.41, 5.74) is -0.890. The molecule has 1 atom stereocenters. The molecule has 1 N–H and O–H groups in total. The fourth-order valence-corrected chi connectivity index (χ4v) is 3.27. The second kappa shape index (κ2) is 6.77. The minimum absolute atomic E-state index is 0.0809. The average Bonchev–Trinajstić information content (AvgIpc) is 2.41. The molecule has 0 bridgehead atoms. The number of sulfone groups is 1. The molecule has 6 nitrogen and oxygen atoms in total. The fraction of sp³-hybridized carbons (Fsp3) is 0.857. The van der Waals surface area contributed by atoms with Gasteiger partial charge in [-0.15, -0.1) is 0 Å². The normalized spacial score (nSPS) is 22.3. The number of carbonyl (C=O) groups excluding carboxylic acids is 2. The van der Waals surface area contributed by atoms with Crippen molar-refractivity contribution in [3.8, 4) is 0 Å². The van der Waals surface area contributed by atoms with Gasteiger partial charge in [0.2, 0.25) is 11.8 Å². The Hall–Kier alpha value is -1.11. The van der Waals surface area contributed by atoms with Gasteiger partial charge < -0.3 is 10.2 Å². The van der Waals surface area contributed by atoms with Crippen LogP contribution in [0.1, 0.15) is 46.5 Å². The quantitative estimate of drug-likeness (QED) is 0.749. The van der Waals surface area contributed by atoms with Gasteiger partial charge in [0.25, 0.3) is 0 Å². The van der Waals surface area contributed by atoms with E-state index < -0.39 is 21.4 Å². The summed E-state index contributed by atoms with van der Waals surface area (Å²) in [5.74, 6) is -0.446. The molecule has 1 rings (SSSR count). The van der Waals surface area contributed by atoms with E-state index in [-0.39, 0.29) is 24.1 Å². The van der Waals surface area contributed by atoms with Crippen LogP contribution in [0.4, 0.5) is 0 Å². The highest BCUT2D eigenvalue weighted by atomic mass is 32.2. The van der Waals surface area contributed by atoms with Crippen LogP contribution in [0.25, 0.3) is 0 Å². The van der Waals surface area contributed by atoms with E-state index >= 15 is 0 Å². The van der Waals surface area contributed by atoms with Crippen LogP contribution in [0.3, 0.4) is 0 Å². The first-order chi connectivity index (χ1) is 9.70. The van der Waals surface area contributed by atoms with Crippen molar-refractivity contribution in [1.29, 1.82) is 0 Å². The maximum absolute atomic E-state index is 12.8. The maximum atomic E-state index is 12.8. The molecule has 1 heterocycles. The molecule has 0 spiro atoms. The lowest BCUT2D eigenvalue weighted by Crippen LogP contribution is -2.70. The molecule has 122 valence electrons. The molecule has 0 aromatic rings. The van der Waals surface area contributed by atoms with E-state index in [0.29, 0.717) is 19.3 Å². The number of hydrogen-bond acceptors (Lipinski definition) is 4. The Morgan fingerprint density at radius 2 is 1.76 bits per heavy atom. The molecule has 1 aliphatic rings. The van der Waals surface area contributed by atoms with E-state index in [1.165, 1.54) is 4.90 Å². The third kappa shape index (κ3) is 3.96. The monoisotopic (exact) mass is 318 g/mol. The molecule has 7 heteroatoms. The minimum atomic E-state index is -3.18. The Bertz CT molecular complexity index is 497. The zero-order valence-electron chi connectivity index (χ0n) is 13.3. The molecule has 1 saturated heterocycles. The van der Waals surface area contributed by atoms with Gasteiger partial charge in [-0.25, -0.2) is 8.42 Å². The molecule has 21 heavy (non-hydrogen) atoms. The molecule has 0 aromatic carbocycles. The second-order valence-corrected chi connectivity index (χ2v) is 7.97. The van der Waals surface area contributed by atoms with Gasteiger partial charge in [-0.1, -0.05) is 27.2 Å². The molecule has 1 fully saturated rings. The Labute approximate surface area is 127 Å². The number of carbonyl (C=O) groups is 2. The van der Waals surface area contributed by atoms with Crippen molar-refractivity contribution >= 4 is 21.7 Å². The van der Waals surface area contributed by atoms with E-state index in [2.05, 4.69) is 5.32 Å². The zero-order chi connectivity index (χ0) is 16.3. The summed E-state index contributed by atoms with van der Waals surface area (Å²) in [6.07, 6.45) is 3.45. The summed E-state index contributed by atoms with van der Waals surface area (Å²) in [4.78, 5) is 26.6. The molecular formula is C14H26N2O4S. The van der Waals surface area contributed by atoms with Gasteiger partial charge in [0.15, 0.2) is 0 Å². The third-order valence-electron chi connectivity index (χ3n) is 4.18. The summed E-state index contributed by atoms with van der Waals surface area (Å²) in [5, 5.41) is 2.86. The van der Waals surface area contributed by atoms with Crippen LogP contribution in [0.2, 0.25) is 0 Å². The van der Waals surface area contributed by atoms with Gasteiger partial charge in [-0.2, -0.15) is 0 Å². The van der Waals surface area contributed by atoms with Crippen molar-refractivity contribution in [1.82, 2.24) is 10.2 Å². The predicted octanol–water partition coefficient (Wildman–Crippen LogP) is 0.717. The topological polar surface area (TPSA) is 83.6 Å². The number of amides is 2. The summed E-state index contributed by atoms with van der Waals surface area (Å²) in [7, 11) is -3.18. The number of nitrogens with zero attached hydrogens (tertiary/aromatic N) is 1. The van der Waals surface area contributed by atoms with Crippen molar-refractivity contribution in [2.24, 2.45) is 0 Å². The van der Waals surface area contributed by atoms with E-state index in [4.69, 9.17) is 0 Å². The fourth-order valence-electron chi connectivity index (χ4n) is 2.74. The van der Waals surface area contributed by atoms with Gasteiger partial charge in [-0.05, 0) is 19.3 Å². The van der Waals surface area contributed by atoms with Gasteiger partial charge in [0, 0.05) is 12.8 Å². The molecule has 2 amide bonds. The predicted molar refractivity (Wildman–Crippen MR) is 81.6 cm³/mol. The Morgan fingerprint density at radius 3 is 2.19 bits per heavy atom. The molecule has 1 aliphatic heterocycles. The van der Waals surface area contributed by atoms with Crippen molar-refractivity contribution in [3.63, 3.8) is 0 Å². The van der Waals surface area contributed by atoms with Gasteiger partial charge in [0.1, 0.15) is 21.4 Å². The first-order valence-electron chi connectivity index (χ1n) is 7.51. The van der Waals surface area contributed by atoms with Crippen LogP contribution in [0, 0.1) is 0 Å². The number of hydrogen-bond donors (Lipinski definition) is 1. The Kier molecular flexibility index (Phi) is 5.78. The summed E-state index contributed by atoms with van der Waals surface area (Å²) < 4.78 is 22.8. The summed E-state index contributed by atoms with van der Waals surface area (Å²) in [6, 6.07) is -0.560. The third-order valence-corrected chi connectivity index (χ3v) is 5.11. The molecule has 0 aromatic heterocycles. The van der Waals surface area contributed by atoms with Gasteiger partial charge in [-0.3, -0.25) is 9.59 Å². The standard InChI is InChI=1S/C14H26N2O4S/c1-5-8-11-12(17)15-14(6-2,7-3)13(18)16(11)9-10-21(4,19)20/h11H,5-10H2,1-4H3,(H,15,17). The highest BCUT2D eigenvalue weighted by Crippen LogP contribution is 2.26. The largest absolute Gasteiger partial charge is 0.340 e. The van der Waals surface area contributed by atoms with Crippen molar-refractivity contribution in [2.45, 2.75) is 58.0 Å². The van der Waals surface area contributed by atoms with E-state index in [0.717, 1.165) is 12.7 Å². The summed E-state index contributed by atoms with van der Waals surface area (Å²) in [6.45, 7) is 5.73. The average molecular weight is 318 g/mol. The van der Waals surface area contributed by atoms with Crippen molar-refractivity contribution in [2.75, 3.05) is 18.6 Å². The molecule has 0 radical (unpaired) electrons. The van der Waals surface area contributed by atoms with Crippen molar-refractivity contribution < 1.29 is 18.0 Å². The molecule has 0 aliphatic carbocycles. The van der Waals surface area contributed by atoms with Gasteiger partial charge >= 0.3 is 0 Å². The number of rotatable bonds is 7. The SMILES string of the molecule is CCCC1C(=O)NC(CC)(CC)C(=O)N1CCS(C)(=O)=O. The second-order valence-electron chi connectivity index (χ2n) is 5.71.